The largest absolute Gasteiger partial charge is 0.393 e. The molecule has 2 rings (SSSR count). The molecule has 0 saturated heterocycles. The number of rotatable bonds is 5. The number of alkyl halides is 3. The fraction of sp³-hybridized carbons (Fsp3) is 0.250. The molecule has 0 saturated carbocycles. The predicted octanol–water partition coefficient (Wildman–Crippen LogP) is 5.31. The van der Waals surface area contributed by atoms with Crippen molar-refractivity contribution in [3.05, 3.63) is 76.9 Å². The van der Waals surface area contributed by atoms with Crippen LogP contribution in [0.25, 0.3) is 5.57 Å². The molecule has 2 aromatic carbocycles. The van der Waals surface area contributed by atoms with Crippen LogP contribution >= 0.6 is 0 Å². The van der Waals surface area contributed by atoms with Gasteiger partial charge in [-0.25, -0.2) is 0 Å². The maximum Gasteiger partial charge on any atom is 0.393 e. The van der Waals surface area contributed by atoms with E-state index in [1.807, 2.05) is 31.2 Å². The summed E-state index contributed by atoms with van der Waals surface area (Å²) >= 11 is 0. The molecule has 4 heteroatoms. The van der Waals surface area contributed by atoms with Gasteiger partial charge in [0.25, 0.3) is 0 Å². The number of ketones is 1. The van der Waals surface area contributed by atoms with Crippen molar-refractivity contribution in [2.75, 3.05) is 0 Å². The molecule has 0 unspecified atom stereocenters. The maximum absolute atomic E-state index is 12.6. The number of hydrogen-bond acceptors (Lipinski definition) is 1. The topological polar surface area (TPSA) is 17.1 Å². The second-order valence-electron chi connectivity index (χ2n) is 5.88. The van der Waals surface area contributed by atoms with Gasteiger partial charge in [-0.1, -0.05) is 48.5 Å². The highest BCUT2D eigenvalue weighted by Crippen LogP contribution is 2.25. The van der Waals surface area contributed by atoms with E-state index < -0.39 is 12.6 Å². The van der Waals surface area contributed by atoms with Gasteiger partial charge in [0.05, 0.1) is 6.42 Å². The second kappa shape index (κ2) is 7.47. The molecule has 0 aliphatic carbocycles. The quantitative estimate of drug-likeness (QED) is 0.678. The monoisotopic (exact) mass is 332 g/mol. The Balaban J connectivity index is 2.33. The Hall–Kier alpha value is -2.36. The zero-order valence-electron chi connectivity index (χ0n) is 13.7. The summed E-state index contributed by atoms with van der Waals surface area (Å²) in [6.07, 6.45) is -3.21. The van der Waals surface area contributed by atoms with Gasteiger partial charge in [0, 0.05) is 0 Å². The number of allylic oxidation sites excluding steroid dienone is 2. The van der Waals surface area contributed by atoms with E-state index in [9.17, 15) is 18.0 Å². The van der Waals surface area contributed by atoms with Crippen molar-refractivity contribution in [3.63, 3.8) is 0 Å². The van der Waals surface area contributed by atoms with E-state index in [4.69, 9.17) is 0 Å². The molecule has 0 amide bonds. The van der Waals surface area contributed by atoms with Crippen molar-refractivity contribution in [2.45, 2.75) is 32.9 Å². The Labute approximate surface area is 139 Å². The lowest BCUT2D eigenvalue weighted by molar-refractivity contribution is -0.127. The molecule has 0 spiro atoms. The van der Waals surface area contributed by atoms with Gasteiger partial charge in [-0.15, -0.1) is 0 Å². The summed E-state index contributed by atoms with van der Waals surface area (Å²) in [5.41, 5.74) is 3.76. The Bertz CT molecular complexity index is 757. The summed E-state index contributed by atoms with van der Waals surface area (Å²) in [6, 6.07) is 14.1. The Morgan fingerprint density at radius 2 is 1.71 bits per heavy atom. The third-order valence-corrected chi connectivity index (χ3v) is 3.66. The van der Waals surface area contributed by atoms with Gasteiger partial charge >= 0.3 is 6.18 Å². The molecule has 0 aliphatic heterocycles. The van der Waals surface area contributed by atoms with E-state index in [0.717, 1.165) is 22.3 Å². The number of halogens is 3. The molecule has 0 fully saturated rings. The third kappa shape index (κ3) is 5.37. The SMILES string of the molecule is CC(=O)/C=C(/Cc1cccc(CC(F)(F)F)c1)c1ccccc1C. The van der Waals surface area contributed by atoms with Crippen LogP contribution in [0.1, 0.15) is 29.2 Å². The second-order valence-corrected chi connectivity index (χ2v) is 5.88. The van der Waals surface area contributed by atoms with Crippen LogP contribution in [-0.2, 0) is 17.6 Å². The van der Waals surface area contributed by atoms with Gasteiger partial charge in [0.2, 0.25) is 0 Å². The van der Waals surface area contributed by atoms with Crippen molar-refractivity contribution in [3.8, 4) is 0 Å². The minimum absolute atomic E-state index is 0.0836. The molecule has 2 aromatic rings. The number of carbonyl (C=O) groups excluding carboxylic acids is 1. The molecule has 0 atom stereocenters. The van der Waals surface area contributed by atoms with Crippen molar-refractivity contribution < 1.29 is 18.0 Å². The van der Waals surface area contributed by atoms with Gasteiger partial charge in [0.15, 0.2) is 5.78 Å². The zero-order valence-corrected chi connectivity index (χ0v) is 13.7. The van der Waals surface area contributed by atoms with E-state index in [2.05, 4.69) is 0 Å². The van der Waals surface area contributed by atoms with Crippen LogP contribution in [0.15, 0.2) is 54.6 Å². The summed E-state index contributed by atoms with van der Waals surface area (Å²) in [5.74, 6) is -0.0836. The molecular formula is C20H19F3O. The fourth-order valence-electron chi connectivity index (χ4n) is 2.70. The van der Waals surface area contributed by atoms with Gasteiger partial charge in [0.1, 0.15) is 0 Å². The minimum atomic E-state index is -4.23. The van der Waals surface area contributed by atoms with E-state index in [1.54, 1.807) is 24.3 Å². The van der Waals surface area contributed by atoms with Crippen molar-refractivity contribution >= 4 is 11.4 Å². The number of hydrogen-bond donors (Lipinski definition) is 0. The molecule has 0 aromatic heterocycles. The van der Waals surface area contributed by atoms with Gasteiger partial charge in [-0.2, -0.15) is 13.2 Å². The van der Waals surface area contributed by atoms with E-state index in [-0.39, 0.29) is 11.3 Å². The molecule has 126 valence electrons. The van der Waals surface area contributed by atoms with Crippen LogP contribution in [-0.4, -0.2) is 12.0 Å². The predicted molar refractivity (Wildman–Crippen MR) is 89.7 cm³/mol. The number of aryl methyl sites for hydroxylation is 1. The summed E-state index contributed by atoms with van der Waals surface area (Å²) in [6.45, 7) is 3.42. The first-order valence-corrected chi connectivity index (χ1v) is 7.66. The normalized spacial score (nSPS) is 12.3. The van der Waals surface area contributed by atoms with Crippen molar-refractivity contribution in [1.29, 1.82) is 0 Å². The molecule has 0 radical (unpaired) electrons. The van der Waals surface area contributed by atoms with Crippen LogP contribution in [0.5, 0.6) is 0 Å². The summed E-state index contributed by atoms with van der Waals surface area (Å²) in [4.78, 5) is 11.6. The van der Waals surface area contributed by atoms with Gasteiger partial charge in [-0.3, -0.25) is 4.79 Å². The van der Waals surface area contributed by atoms with E-state index >= 15 is 0 Å². The molecule has 0 N–H and O–H groups in total. The standard InChI is InChI=1S/C20H19F3O/c1-14-6-3-4-9-19(14)18(10-15(2)24)12-16-7-5-8-17(11-16)13-20(21,22)23/h3-11H,12-13H2,1-2H3/b18-10-. The number of benzene rings is 2. The first-order chi connectivity index (χ1) is 11.2. The average molecular weight is 332 g/mol. The van der Waals surface area contributed by atoms with Crippen LogP contribution < -0.4 is 0 Å². The highest BCUT2D eigenvalue weighted by Gasteiger charge is 2.27. The first-order valence-electron chi connectivity index (χ1n) is 7.66. The van der Waals surface area contributed by atoms with Crippen LogP contribution in [0.3, 0.4) is 0 Å². The minimum Gasteiger partial charge on any atom is -0.295 e. The third-order valence-electron chi connectivity index (χ3n) is 3.66. The summed E-state index contributed by atoms with van der Waals surface area (Å²) in [5, 5.41) is 0. The average Bonchev–Trinajstić information content (AvgIpc) is 2.45. The summed E-state index contributed by atoms with van der Waals surface area (Å²) < 4.78 is 37.7. The lowest BCUT2D eigenvalue weighted by Gasteiger charge is -2.12. The zero-order chi connectivity index (χ0) is 17.7. The van der Waals surface area contributed by atoms with Gasteiger partial charge < -0.3 is 0 Å². The Morgan fingerprint density at radius 3 is 2.33 bits per heavy atom. The van der Waals surface area contributed by atoms with E-state index in [0.29, 0.717) is 6.42 Å². The lowest BCUT2D eigenvalue weighted by atomic mass is 9.93. The van der Waals surface area contributed by atoms with Crippen molar-refractivity contribution in [1.82, 2.24) is 0 Å². The fourth-order valence-corrected chi connectivity index (χ4v) is 2.70. The maximum atomic E-state index is 12.6. The van der Waals surface area contributed by atoms with Crippen LogP contribution in [0.4, 0.5) is 13.2 Å². The first kappa shape index (κ1) is 18.0. The molecule has 0 bridgehead atoms. The highest BCUT2D eigenvalue weighted by molar-refractivity contribution is 5.95. The smallest absolute Gasteiger partial charge is 0.295 e. The van der Waals surface area contributed by atoms with Crippen LogP contribution in [0.2, 0.25) is 0 Å². The Morgan fingerprint density at radius 1 is 1.04 bits per heavy atom. The molecule has 0 heterocycles. The lowest BCUT2D eigenvalue weighted by Crippen LogP contribution is -2.11. The summed E-state index contributed by atoms with van der Waals surface area (Å²) in [7, 11) is 0. The highest BCUT2D eigenvalue weighted by atomic mass is 19.4. The number of carbonyl (C=O) groups is 1. The molecular weight excluding hydrogens is 313 g/mol. The van der Waals surface area contributed by atoms with Crippen LogP contribution in [0, 0.1) is 6.92 Å². The Kier molecular flexibility index (Phi) is 5.60. The van der Waals surface area contributed by atoms with Crippen molar-refractivity contribution in [2.24, 2.45) is 0 Å². The molecule has 1 nitrogen and oxygen atoms in total. The molecule has 24 heavy (non-hydrogen) atoms. The van der Waals surface area contributed by atoms with Gasteiger partial charge in [-0.05, 0) is 54.2 Å². The van der Waals surface area contributed by atoms with E-state index in [1.165, 1.54) is 13.0 Å². The molecule has 0 aliphatic rings.